The zero-order valence-electron chi connectivity index (χ0n) is 12.1. The van der Waals surface area contributed by atoms with E-state index in [1.54, 1.807) is 31.2 Å². The molecule has 0 spiro atoms. The molecule has 6 nitrogen and oxygen atoms in total. The molecule has 3 N–H and O–H groups in total. The van der Waals surface area contributed by atoms with E-state index in [1.807, 2.05) is 6.92 Å². The van der Waals surface area contributed by atoms with Crippen molar-refractivity contribution >= 4 is 11.7 Å². The van der Waals surface area contributed by atoms with Gasteiger partial charge in [0.15, 0.2) is 0 Å². The Morgan fingerprint density at radius 1 is 1.35 bits per heavy atom. The Bertz CT molecular complexity index is 418. The fourth-order valence-corrected chi connectivity index (χ4v) is 1.61. The number of methoxy groups -OCH3 is 1. The van der Waals surface area contributed by atoms with Gasteiger partial charge in [-0.25, -0.2) is 4.79 Å². The summed E-state index contributed by atoms with van der Waals surface area (Å²) in [7, 11) is 1.49. The molecule has 0 aliphatic heterocycles. The molecule has 20 heavy (non-hydrogen) atoms. The van der Waals surface area contributed by atoms with Gasteiger partial charge in [-0.15, -0.1) is 0 Å². The number of ether oxygens (including phenoxy) is 2. The Balaban J connectivity index is 2.42. The number of urea groups is 1. The van der Waals surface area contributed by atoms with Crippen LogP contribution in [0.2, 0.25) is 0 Å². The first kappa shape index (κ1) is 16.3. The molecule has 0 bridgehead atoms. The summed E-state index contributed by atoms with van der Waals surface area (Å²) >= 11 is 0. The van der Waals surface area contributed by atoms with Crippen molar-refractivity contribution in [1.82, 2.24) is 5.32 Å². The Morgan fingerprint density at radius 2 is 2.00 bits per heavy atom. The molecule has 2 amide bonds. The largest absolute Gasteiger partial charge is 0.494 e. The van der Waals surface area contributed by atoms with Gasteiger partial charge in [0, 0.05) is 12.8 Å². The van der Waals surface area contributed by atoms with Crippen molar-refractivity contribution in [1.29, 1.82) is 0 Å². The zero-order chi connectivity index (χ0) is 15.0. The van der Waals surface area contributed by atoms with Crippen LogP contribution in [0, 0.1) is 0 Å². The molecule has 0 radical (unpaired) electrons. The van der Waals surface area contributed by atoms with Gasteiger partial charge in [-0.1, -0.05) is 0 Å². The summed E-state index contributed by atoms with van der Waals surface area (Å²) in [6, 6.07) is 6.67. The van der Waals surface area contributed by atoms with Gasteiger partial charge in [0.05, 0.1) is 19.8 Å². The van der Waals surface area contributed by atoms with Crippen LogP contribution in [0.15, 0.2) is 24.3 Å². The van der Waals surface area contributed by atoms with Crippen LogP contribution in [0.3, 0.4) is 0 Å². The molecule has 1 aromatic carbocycles. The van der Waals surface area contributed by atoms with Crippen LogP contribution in [0.5, 0.6) is 5.75 Å². The number of anilines is 1. The third-order valence-corrected chi connectivity index (χ3v) is 2.51. The molecule has 0 heterocycles. The Hall–Kier alpha value is -1.79. The summed E-state index contributed by atoms with van der Waals surface area (Å²) in [6.45, 7) is 4.35. The predicted molar refractivity (Wildman–Crippen MR) is 77.1 cm³/mol. The van der Waals surface area contributed by atoms with Crippen molar-refractivity contribution in [3.05, 3.63) is 24.3 Å². The Kier molecular flexibility index (Phi) is 6.27. The topological polar surface area (TPSA) is 79.8 Å². The first-order chi connectivity index (χ1) is 9.46. The number of aliphatic hydroxyl groups is 1. The van der Waals surface area contributed by atoms with E-state index >= 15 is 0 Å². The number of hydrogen-bond donors (Lipinski definition) is 3. The second kappa shape index (κ2) is 7.72. The molecule has 1 rings (SSSR count). The Labute approximate surface area is 119 Å². The molecule has 0 fully saturated rings. The highest BCUT2D eigenvalue weighted by molar-refractivity contribution is 5.89. The first-order valence-corrected chi connectivity index (χ1v) is 6.46. The lowest BCUT2D eigenvalue weighted by Crippen LogP contribution is -2.45. The molecule has 112 valence electrons. The van der Waals surface area contributed by atoms with Crippen LogP contribution in [0.25, 0.3) is 0 Å². The van der Waals surface area contributed by atoms with Crippen molar-refractivity contribution in [3.63, 3.8) is 0 Å². The summed E-state index contributed by atoms with van der Waals surface area (Å²) in [5.41, 5.74) is -0.442. The van der Waals surface area contributed by atoms with Crippen LogP contribution >= 0.6 is 0 Å². The number of carbonyl (C=O) groups is 1. The highest BCUT2D eigenvalue weighted by atomic mass is 16.5. The van der Waals surface area contributed by atoms with Crippen LogP contribution in [0.4, 0.5) is 10.5 Å². The standard InChI is InChI=1S/C14H22N2O4/c1-4-20-12-7-5-11(6-8-12)16-13(17)15-9-14(2,18)10-19-3/h5-8,18H,4,9-10H2,1-3H3,(H2,15,16,17). The second-order valence-corrected chi connectivity index (χ2v) is 4.70. The second-order valence-electron chi connectivity index (χ2n) is 4.70. The van der Waals surface area contributed by atoms with Gasteiger partial charge in [0.1, 0.15) is 11.4 Å². The summed E-state index contributed by atoms with van der Waals surface area (Å²) < 4.78 is 10.2. The van der Waals surface area contributed by atoms with Gasteiger partial charge in [-0.05, 0) is 38.1 Å². The van der Waals surface area contributed by atoms with E-state index in [0.29, 0.717) is 12.3 Å². The van der Waals surface area contributed by atoms with Crippen molar-refractivity contribution < 1.29 is 19.4 Å². The normalized spacial score (nSPS) is 13.4. The van der Waals surface area contributed by atoms with Gasteiger partial charge < -0.3 is 25.2 Å². The number of rotatable bonds is 7. The highest BCUT2D eigenvalue weighted by Crippen LogP contribution is 2.15. The average molecular weight is 282 g/mol. The third-order valence-electron chi connectivity index (χ3n) is 2.51. The summed E-state index contributed by atoms with van der Waals surface area (Å²) in [5, 5.41) is 15.1. The maximum absolute atomic E-state index is 11.7. The molecule has 1 unspecified atom stereocenters. The molecule has 0 saturated heterocycles. The third kappa shape index (κ3) is 5.90. The minimum Gasteiger partial charge on any atom is -0.494 e. The lowest BCUT2D eigenvalue weighted by atomic mass is 10.1. The van der Waals surface area contributed by atoms with Gasteiger partial charge in [0.2, 0.25) is 0 Å². The van der Waals surface area contributed by atoms with E-state index in [0.717, 1.165) is 5.75 Å². The lowest BCUT2D eigenvalue weighted by Gasteiger charge is -2.22. The van der Waals surface area contributed by atoms with E-state index in [2.05, 4.69) is 10.6 Å². The molecule has 0 saturated carbocycles. The first-order valence-electron chi connectivity index (χ1n) is 6.46. The van der Waals surface area contributed by atoms with E-state index in [1.165, 1.54) is 7.11 Å². The summed E-state index contributed by atoms with van der Waals surface area (Å²) in [5.74, 6) is 0.751. The zero-order valence-corrected chi connectivity index (χ0v) is 12.1. The van der Waals surface area contributed by atoms with Crippen molar-refractivity contribution in [2.75, 3.05) is 32.2 Å². The van der Waals surface area contributed by atoms with Crippen LogP contribution in [-0.4, -0.2) is 43.6 Å². The minimum atomic E-state index is -1.09. The molecule has 0 aliphatic carbocycles. The summed E-state index contributed by atoms with van der Waals surface area (Å²) in [6.07, 6.45) is 0. The van der Waals surface area contributed by atoms with E-state index in [-0.39, 0.29) is 19.2 Å². The number of benzene rings is 1. The van der Waals surface area contributed by atoms with Crippen molar-refractivity contribution in [2.45, 2.75) is 19.4 Å². The SMILES string of the molecule is CCOc1ccc(NC(=O)NCC(C)(O)COC)cc1. The molecule has 0 aromatic heterocycles. The maximum atomic E-state index is 11.7. The monoisotopic (exact) mass is 282 g/mol. The predicted octanol–water partition coefficient (Wildman–Crippen LogP) is 1.60. The molecular weight excluding hydrogens is 260 g/mol. The molecule has 0 aliphatic rings. The highest BCUT2D eigenvalue weighted by Gasteiger charge is 2.20. The van der Waals surface area contributed by atoms with Gasteiger partial charge >= 0.3 is 6.03 Å². The Morgan fingerprint density at radius 3 is 2.55 bits per heavy atom. The van der Waals surface area contributed by atoms with Crippen molar-refractivity contribution in [2.24, 2.45) is 0 Å². The van der Waals surface area contributed by atoms with Crippen molar-refractivity contribution in [3.8, 4) is 5.75 Å². The van der Waals surface area contributed by atoms with Gasteiger partial charge in [-0.2, -0.15) is 0 Å². The van der Waals surface area contributed by atoms with Crippen LogP contribution < -0.4 is 15.4 Å². The lowest BCUT2D eigenvalue weighted by molar-refractivity contribution is -0.0133. The summed E-state index contributed by atoms with van der Waals surface area (Å²) in [4.78, 5) is 11.7. The fourth-order valence-electron chi connectivity index (χ4n) is 1.61. The number of carbonyl (C=O) groups excluding carboxylic acids is 1. The molecular formula is C14H22N2O4. The fraction of sp³-hybridized carbons (Fsp3) is 0.500. The molecule has 1 atom stereocenters. The number of nitrogens with one attached hydrogen (secondary N) is 2. The van der Waals surface area contributed by atoms with Gasteiger partial charge in [-0.3, -0.25) is 0 Å². The molecule has 6 heteroatoms. The van der Waals surface area contributed by atoms with E-state index in [4.69, 9.17) is 9.47 Å². The van der Waals surface area contributed by atoms with E-state index in [9.17, 15) is 9.90 Å². The van der Waals surface area contributed by atoms with Gasteiger partial charge in [0.25, 0.3) is 0 Å². The van der Waals surface area contributed by atoms with Crippen LogP contribution in [-0.2, 0) is 4.74 Å². The quantitative estimate of drug-likeness (QED) is 0.709. The smallest absolute Gasteiger partial charge is 0.319 e. The van der Waals surface area contributed by atoms with E-state index < -0.39 is 5.60 Å². The number of amides is 2. The minimum absolute atomic E-state index is 0.101. The van der Waals surface area contributed by atoms with Crippen LogP contribution in [0.1, 0.15) is 13.8 Å². The maximum Gasteiger partial charge on any atom is 0.319 e. The molecule has 1 aromatic rings. The number of hydrogen-bond acceptors (Lipinski definition) is 4. The average Bonchev–Trinajstić information content (AvgIpc) is 2.39.